The first-order valence-electron chi connectivity index (χ1n) is 13.3. The molecule has 0 aliphatic carbocycles. The number of sulfonamides is 1. The van der Waals surface area contributed by atoms with Gasteiger partial charge in [-0.2, -0.15) is 0 Å². The Morgan fingerprint density at radius 3 is 2.12 bits per heavy atom. The maximum atomic E-state index is 13.9. The summed E-state index contributed by atoms with van der Waals surface area (Å²) in [4.78, 5) is 23.3. The van der Waals surface area contributed by atoms with Crippen molar-refractivity contribution in [1.29, 1.82) is 0 Å². The highest BCUT2D eigenvalue weighted by atomic mass is 79.9. The summed E-state index contributed by atoms with van der Waals surface area (Å²) in [6, 6.07) is 6.82. The molecule has 0 aliphatic heterocycles. The third kappa shape index (κ3) is 7.01. The Morgan fingerprint density at radius 1 is 1.07 bits per heavy atom. The van der Waals surface area contributed by atoms with Crippen molar-refractivity contribution in [3.63, 3.8) is 0 Å². The second-order valence-corrected chi connectivity index (χ2v) is 19.9. The fraction of sp³-hybridized carbons (Fsp3) is 0.464. The minimum atomic E-state index is -3.73. The topological polar surface area (TPSA) is 101 Å². The third-order valence-electron chi connectivity index (χ3n) is 7.42. The van der Waals surface area contributed by atoms with Crippen molar-refractivity contribution in [2.24, 2.45) is 0 Å². The lowest BCUT2D eigenvalue weighted by Gasteiger charge is -2.42. The molecule has 8 nitrogen and oxygen atoms in total. The summed E-state index contributed by atoms with van der Waals surface area (Å²) in [7, 11) is -4.93. The van der Waals surface area contributed by atoms with Crippen LogP contribution >= 0.6 is 39.1 Å². The molecule has 13 heteroatoms. The lowest BCUT2D eigenvalue weighted by Crippen LogP contribution is -2.51. The number of nitrogens with zero attached hydrogens (tertiary/aromatic N) is 3. The molecule has 0 atom stereocenters. The van der Waals surface area contributed by atoms with E-state index >= 15 is 0 Å². The quantitative estimate of drug-likeness (QED) is 0.162. The van der Waals surface area contributed by atoms with E-state index in [9.17, 15) is 13.2 Å². The smallest absolute Gasteiger partial charge is 0.274 e. The van der Waals surface area contributed by atoms with Crippen molar-refractivity contribution < 1.29 is 17.6 Å². The van der Waals surface area contributed by atoms with Gasteiger partial charge < -0.3 is 9.74 Å². The molecule has 3 aromatic rings. The highest BCUT2D eigenvalue weighted by Crippen LogP contribution is 2.46. The standard InChI is InChI=1S/C28H37BrCl2N4O4SSi/c1-16(2)41(17(3)4,18(5)6)39-26-24-23(20(14-29)9-10-32-24)27(35(7)40(8,37)38)34-25(26)28(36)33-15-19-11-21(30)13-22(31)12-19/h9-13,16-18H,14-15H2,1-8H3,(H,33,36). The largest absolute Gasteiger partial charge is 0.540 e. The van der Waals surface area contributed by atoms with Crippen molar-refractivity contribution in [1.82, 2.24) is 15.3 Å². The average molecular weight is 705 g/mol. The van der Waals surface area contributed by atoms with Gasteiger partial charge in [0, 0.05) is 35.2 Å². The van der Waals surface area contributed by atoms with Crippen molar-refractivity contribution >= 4 is 80.1 Å². The van der Waals surface area contributed by atoms with Gasteiger partial charge in [0.15, 0.2) is 17.3 Å². The summed E-state index contributed by atoms with van der Waals surface area (Å²) < 4.78 is 33.6. The molecule has 224 valence electrons. The van der Waals surface area contributed by atoms with Crippen LogP contribution in [0.2, 0.25) is 26.7 Å². The van der Waals surface area contributed by atoms with Crippen molar-refractivity contribution in [3.05, 3.63) is 57.3 Å². The van der Waals surface area contributed by atoms with Crippen LogP contribution in [-0.2, 0) is 21.9 Å². The molecule has 41 heavy (non-hydrogen) atoms. The number of benzene rings is 1. The molecular formula is C28H37BrCl2N4O4SSi. The van der Waals surface area contributed by atoms with Crippen molar-refractivity contribution in [2.45, 2.75) is 70.0 Å². The number of pyridine rings is 2. The van der Waals surface area contributed by atoms with Gasteiger partial charge in [-0.1, -0.05) is 80.7 Å². The van der Waals surface area contributed by atoms with E-state index in [4.69, 9.17) is 32.6 Å². The highest BCUT2D eigenvalue weighted by molar-refractivity contribution is 9.08. The molecule has 0 saturated heterocycles. The van der Waals surface area contributed by atoms with E-state index in [0.717, 1.165) is 16.1 Å². The number of fused-ring (bicyclic) bond motifs is 1. The lowest BCUT2D eigenvalue weighted by molar-refractivity contribution is 0.0944. The van der Waals surface area contributed by atoms with Gasteiger partial charge >= 0.3 is 0 Å². The van der Waals surface area contributed by atoms with Crippen LogP contribution in [0.3, 0.4) is 0 Å². The Bertz CT molecular complexity index is 1510. The molecule has 0 radical (unpaired) electrons. The maximum absolute atomic E-state index is 13.9. The number of halogens is 3. The van der Waals surface area contributed by atoms with Crippen LogP contribution in [0, 0.1) is 0 Å². The number of amides is 1. The zero-order valence-corrected chi connectivity index (χ0v) is 29.5. The second kappa shape index (κ2) is 13.2. The zero-order chi connectivity index (χ0) is 30.9. The van der Waals surface area contributed by atoms with Gasteiger partial charge in [0.1, 0.15) is 5.52 Å². The molecule has 0 spiro atoms. The van der Waals surface area contributed by atoms with Gasteiger partial charge in [0.2, 0.25) is 10.0 Å². The van der Waals surface area contributed by atoms with Crippen LogP contribution in [0.4, 0.5) is 5.82 Å². The summed E-state index contributed by atoms with van der Waals surface area (Å²) in [5, 5.41) is 4.70. The summed E-state index contributed by atoms with van der Waals surface area (Å²) in [5.41, 5.74) is 2.40. The molecular weight excluding hydrogens is 667 g/mol. The molecule has 0 unspecified atom stereocenters. The summed E-state index contributed by atoms with van der Waals surface area (Å²) in [6.07, 6.45) is 2.72. The first kappa shape index (κ1) is 33.6. The first-order chi connectivity index (χ1) is 19.0. The summed E-state index contributed by atoms with van der Waals surface area (Å²) in [6.45, 7) is 13.0. The van der Waals surface area contributed by atoms with Gasteiger partial charge in [-0.05, 0) is 52.0 Å². The number of nitrogens with one attached hydrogen (secondary N) is 1. The molecule has 1 amide bonds. The molecule has 2 heterocycles. The number of hydrogen-bond donors (Lipinski definition) is 1. The van der Waals surface area contributed by atoms with E-state index in [1.807, 2.05) is 0 Å². The van der Waals surface area contributed by atoms with E-state index in [1.54, 1.807) is 30.5 Å². The molecule has 0 aliphatic rings. The maximum Gasteiger partial charge on any atom is 0.274 e. The fourth-order valence-corrected chi connectivity index (χ4v) is 12.2. The van der Waals surface area contributed by atoms with Crippen LogP contribution < -0.4 is 14.0 Å². The molecule has 0 fully saturated rings. The number of aromatic nitrogens is 2. The SMILES string of the molecule is CC(C)[Si](Oc1c(C(=O)NCc2cc(Cl)cc(Cl)c2)nc(N(C)S(C)(=O)=O)c2c(CBr)ccnc12)(C(C)C)C(C)C. The first-order valence-corrected chi connectivity index (χ1v) is 19.1. The Balaban J connectivity index is 2.36. The summed E-state index contributed by atoms with van der Waals surface area (Å²) >= 11 is 15.8. The Hall–Kier alpha value is -1.92. The van der Waals surface area contributed by atoms with Crippen molar-refractivity contribution in [3.8, 4) is 5.75 Å². The number of alkyl halides is 1. The zero-order valence-electron chi connectivity index (χ0n) is 24.5. The monoisotopic (exact) mass is 702 g/mol. The molecule has 0 saturated carbocycles. The number of carbonyl (C=O) groups excluding carboxylic acids is 1. The normalized spacial score (nSPS) is 12.4. The summed E-state index contributed by atoms with van der Waals surface area (Å²) in [5.74, 6) is -0.177. The Morgan fingerprint density at radius 2 is 1.63 bits per heavy atom. The molecule has 3 rings (SSSR count). The van der Waals surface area contributed by atoms with Crippen LogP contribution in [0.1, 0.15) is 63.2 Å². The number of rotatable bonds is 11. The van der Waals surface area contributed by atoms with Crippen molar-refractivity contribution in [2.75, 3.05) is 17.6 Å². The van der Waals surface area contributed by atoms with E-state index in [1.165, 1.54) is 7.05 Å². The second-order valence-electron chi connectivity index (χ2n) is 11.1. The van der Waals surface area contributed by atoms with Gasteiger partial charge in [0.05, 0.1) is 11.6 Å². The van der Waals surface area contributed by atoms with Crippen LogP contribution in [-0.4, -0.2) is 45.9 Å². The predicted molar refractivity (Wildman–Crippen MR) is 175 cm³/mol. The minimum absolute atomic E-state index is 0.0332. The van der Waals surface area contributed by atoms with E-state index in [0.29, 0.717) is 31.8 Å². The third-order valence-corrected chi connectivity index (χ3v) is 15.6. The average Bonchev–Trinajstić information content (AvgIpc) is 2.87. The van der Waals surface area contributed by atoms with E-state index < -0.39 is 24.2 Å². The van der Waals surface area contributed by atoms with Gasteiger partial charge in [-0.25, -0.2) is 13.4 Å². The molecule has 2 aromatic heterocycles. The lowest BCUT2D eigenvalue weighted by atomic mass is 10.1. The van der Waals surface area contributed by atoms with E-state index in [-0.39, 0.29) is 40.4 Å². The van der Waals surface area contributed by atoms with E-state index in [2.05, 4.69) is 67.8 Å². The van der Waals surface area contributed by atoms with Gasteiger partial charge in [-0.3, -0.25) is 14.1 Å². The minimum Gasteiger partial charge on any atom is -0.540 e. The number of carbonyl (C=O) groups is 1. The molecule has 1 aromatic carbocycles. The Kier molecular flexibility index (Phi) is 10.8. The molecule has 0 bridgehead atoms. The van der Waals surface area contributed by atoms with Crippen LogP contribution in [0.25, 0.3) is 10.9 Å². The highest BCUT2D eigenvalue weighted by Gasteiger charge is 2.48. The fourth-order valence-electron chi connectivity index (χ4n) is 5.50. The van der Waals surface area contributed by atoms with Crippen LogP contribution in [0.15, 0.2) is 30.5 Å². The number of anilines is 1. The van der Waals surface area contributed by atoms with Gasteiger partial charge in [-0.15, -0.1) is 0 Å². The predicted octanol–water partition coefficient (Wildman–Crippen LogP) is 7.71. The van der Waals surface area contributed by atoms with Crippen LogP contribution in [0.5, 0.6) is 5.75 Å². The Labute approximate surface area is 262 Å². The number of hydrogen-bond acceptors (Lipinski definition) is 6. The van der Waals surface area contributed by atoms with Gasteiger partial charge in [0.25, 0.3) is 14.2 Å². The molecule has 1 N–H and O–H groups in total.